The topological polar surface area (TPSA) is 48.7 Å². The Balaban J connectivity index is 3.00. The van der Waals surface area contributed by atoms with E-state index in [1.54, 1.807) is 0 Å². The Kier molecular flexibility index (Phi) is 4.96. The summed E-state index contributed by atoms with van der Waals surface area (Å²) in [5.41, 5.74) is 2.62. The van der Waals surface area contributed by atoms with Crippen molar-refractivity contribution in [1.82, 2.24) is 4.98 Å². The molecule has 0 radical (unpaired) electrons. The predicted octanol–water partition coefficient (Wildman–Crippen LogP) is 3.56. The molecule has 0 saturated carbocycles. The number of aromatic nitrogens is 1. The Hall–Kier alpha value is -1.56. The summed E-state index contributed by atoms with van der Waals surface area (Å²) in [6.45, 7) is 8.24. The second-order valence-corrected chi connectivity index (χ2v) is 4.45. The SMILES string of the molecule is CCCC(CC)Nc1nc(C)cc(C)c1C#N. The second-order valence-electron chi connectivity index (χ2n) is 4.45. The van der Waals surface area contributed by atoms with Gasteiger partial charge in [-0.15, -0.1) is 0 Å². The van der Waals surface area contributed by atoms with Crippen LogP contribution in [0.1, 0.15) is 49.9 Å². The first-order valence-electron chi connectivity index (χ1n) is 6.27. The highest BCUT2D eigenvalue weighted by atomic mass is 15.0. The van der Waals surface area contributed by atoms with Crippen LogP contribution in [0, 0.1) is 25.2 Å². The molecule has 3 nitrogen and oxygen atoms in total. The van der Waals surface area contributed by atoms with Crippen molar-refractivity contribution in [2.24, 2.45) is 0 Å². The van der Waals surface area contributed by atoms with E-state index in [0.717, 1.165) is 36.3 Å². The summed E-state index contributed by atoms with van der Waals surface area (Å²) in [7, 11) is 0. The van der Waals surface area contributed by atoms with Gasteiger partial charge in [0.1, 0.15) is 11.9 Å². The fourth-order valence-electron chi connectivity index (χ4n) is 2.00. The average Bonchev–Trinajstić information content (AvgIpc) is 2.28. The molecule has 0 fully saturated rings. The van der Waals surface area contributed by atoms with E-state index in [9.17, 15) is 5.26 Å². The van der Waals surface area contributed by atoms with Crippen LogP contribution in [0.2, 0.25) is 0 Å². The molecule has 1 atom stereocenters. The monoisotopic (exact) mass is 231 g/mol. The maximum absolute atomic E-state index is 9.18. The Morgan fingerprint density at radius 2 is 2.12 bits per heavy atom. The molecule has 1 aromatic heterocycles. The number of aryl methyl sites for hydroxylation is 2. The van der Waals surface area contributed by atoms with E-state index in [4.69, 9.17) is 0 Å². The zero-order valence-electron chi connectivity index (χ0n) is 11.2. The van der Waals surface area contributed by atoms with Crippen molar-refractivity contribution in [3.05, 3.63) is 22.9 Å². The molecule has 0 aliphatic rings. The maximum Gasteiger partial charge on any atom is 0.144 e. The molecule has 1 unspecified atom stereocenters. The molecule has 1 aromatic rings. The summed E-state index contributed by atoms with van der Waals surface area (Å²) in [6, 6.07) is 4.59. The summed E-state index contributed by atoms with van der Waals surface area (Å²) in [6.07, 6.45) is 3.29. The highest BCUT2D eigenvalue weighted by molar-refractivity contribution is 5.56. The quantitative estimate of drug-likeness (QED) is 0.843. The van der Waals surface area contributed by atoms with Gasteiger partial charge in [-0.1, -0.05) is 20.3 Å². The number of pyridine rings is 1. The first-order chi connectivity index (χ1) is 8.12. The van der Waals surface area contributed by atoms with E-state index in [1.165, 1.54) is 0 Å². The van der Waals surface area contributed by atoms with Crippen LogP contribution in [-0.4, -0.2) is 11.0 Å². The van der Waals surface area contributed by atoms with E-state index in [0.29, 0.717) is 11.6 Å². The van der Waals surface area contributed by atoms with E-state index in [1.807, 2.05) is 19.9 Å². The smallest absolute Gasteiger partial charge is 0.144 e. The Bertz CT molecular complexity index is 418. The molecule has 3 heteroatoms. The van der Waals surface area contributed by atoms with Gasteiger partial charge >= 0.3 is 0 Å². The minimum absolute atomic E-state index is 0.404. The zero-order chi connectivity index (χ0) is 12.8. The molecule has 1 rings (SSSR count). The third kappa shape index (κ3) is 3.45. The van der Waals surface area contributed by atoms with Crippen LogP contribution in [0.3, 0.4) is 0 Å². The molecule has 0 bridgehead atoms. The fourth-order valence-corrected chi connectivity index (χ4v) is 2.00. The first-order valence-corrected chi connectivity index (χ1v) is 6.27. The Morgan fingerprint density at radius 1 is 1.41 bits per heavy atom. The standard InChI is InChI=1S/C14H21N3/c1-5-7-12(6-2)17-14-13(9-15)10(3)8-11(4)16-14/h8,12H,5-7H2,1-4H3,(H,16,17). The van der Waals surface area contributed by atoms with E-state index in [-0.39, 0.29) is 0 Å². The van der Waals surface area contributed by atoms with Gasteiger partial charge in [-0.05, 0) is 38.3 Å². The van der Waals surface area contributed by atoms with Crippen molar-refractivity contribution < 1.29 is 0 Å². The van der Waals surface area contributed by atoms with Crippen molar-refractivity contribution in [2.75, 3.05) is 5.32 Å². The van der Waals surface area contributed by atoms with Gasteiger partial charge in [0.25, 0.3) is 0 Å². The highest BCUT2D eigenvalue weighted by Crippen LogP contribution is 2.20. The summed E-state index contributed by atoms with van der Waals surface area (Å²) in [5, 5.41) is 12.6. The third-order valence-corrected chi connectivity index (χ3v) is 2.93. The van der Waals surface area contributed by atoms with Crippen LogP contribution in [0.25, 0.3) is 0 Å². The van der Waals surface area contributed by atoms with Gasteiger partial charge in [0.2, 0.25) is 0 Å². The lowest BCUT2D eigenvalue weighted by Gasteiger charge is -2.18. The van der Waals surface area contributed by atoms with Crippen molar-refractivity contribution in [3.8, 4) is 6.07 Å². The largest absolute Gasteiger partial charge is 0.366 e. The van der Waals surface area contributed by atoms with E-state index >= 15 is 0 Å². The predicted molar refractivity (Wildman–Crippen MR) is 71.0 cm³/mol. The van der Waals surface area contributed by atoms with Crippen LogP contribution in [0.5, 0.6) is 0 Å². The minimum atomic E-state index is 0.404. The third-order valence-electron chi connectivity index (χ3n) is 2.93. The Morgan fingerprint density at radius 3 is 2.65 bits per heavy atom. The van der Waals surface area contributed by atoms with Crippen molar-refractivity contribution >= 4 is 5.82 Å². The van der Waals surface area contributed by atoms with Crippen LogP contribution < -0.4 is 5.32 Å². The van der Waals surface area contributed by atoms with Gasteiger partial charge in [0, 0.05) is 11.7 Å². The van der Waals surface area contributed by atoms with E-state index < -0.39 is 0 Å². The molecule has 0 saturated heterocycles. The molecule has 0 aromatic carbocycles. The summed E-state index contributed by atoms with van der Waals surface area (Å²) >= 11 is 0. The lowest BCUT2D eigenvalue weighted by Crippen LogP contribution is -2.20. The molecule has 0 aliphatic heterocycles. The molecule has 17 heavy (non-hydrogen) atoms. The number of nitrogens with one attached hydrogen (secondary N) is 1. The molecule has 0 amide bonds. The molecule has 1 heterocycles. The Labute approximate surface area is 104 Å². The van der Waals surface area contributed by atoms with Gasteiger partial charge < -0.3 is 5.32 Å². The van der Waals surface area contributed by atoms with Gasteiger partial charge in [-0.2, -0.15) is 5.26 Å². The molecule has 92 valence electrons. The lowest BCUT2D eigenvalue weighted by atomic mass is 10.1. The second kappa shape index (κ2) is 6.24. The zero-order valence-corrected chi connectivity index (χ0v) is 11.2. The number of nitriles is 1. The molecule has 0 spiro atoms. The van der Waals surface area contributed by atoms with Gasteiger partial charge in [-0.25, -0.2) is 4.98 Å². The summed E-state index contributed by atoms with van der Waals surface area (Å²) in [5.74, 6) is 0.741. The van der Waals surface area contributed by atoms with Crippen molar-refractivity contribution in [1.29, 1.82) is 5.26 Å². The number of hydrogen-bond donors (Lipinski definition) is 1. The van der Waals surface area contributed by atoms with Gasteiger partial charge in [-0.3, -0.25) is 0 Å². The summed E-state index contributed by atoms with van der Waals surface area (Å²) in [4.78, 5) is 4.44. The minimum Gasteiger partial charge on any atom is -0.366 e. The molecular weight excluding hydrogens is 210 g/mol. The van der Waals surface area contributed by atoms with Crippen LogP contribution in [0.4, 0.5) is 5.82 Å². The van der Waals surface area contributed by atoms with E-state index in [2.05, 4.69) is 30.2 Å². The summed E-state index contributed by atoms with van der Waals surface area (Å²) < 4.78 is 0. The fraction of sp³-hybridized carbons (Fsp3) is 0.571. The van der Waals surface area contributed by atoms with Gasteiger partial charge in [0.15, 0.2) is 0 Å². The number of nitrogens with zero attached hydrogens (tertiary/aromatic N) is 2. The van der Waals surface area contributed by atoms with Crippen LogP contribution >= 0.6 is 0 Å². The maximum atomic E-state index is 9.18. The first kappa shape index (κ1) is 13.5. The number of anilines is 1. The lowest BCUT2D eigenvalue weighted by molar-refractivity contribution is 0.620. The van der Waals surface area contributed by atoms with Crippen molar-refractivity contribution in [2.45, 2.75) is 53.0 Å². The van der Waals surface area contributed by atoms with Crippen molar-refractivity contribution in [3.63, 3.8) is 0 Å². The molecular formula is C14H21N3. The average molecular weight is 231 g/mol. The van der Waals surface area contributed by atoms with Crippen LogP contribution in [0.15, 0.2) is 6.07 Å². The normalized spacial score (nSPS) is 11.9. The number of rotatable bonds is 5. The van der Waals surface area contributed by atoms with Gasteiger partial charge in [0.05, 0.1) is 5.56 Å². The highest BCUT2D eigenvalue weighted by Gasteiger charge is 2.12. The molecule has 1 N–H and O–H groups in total. The van der Waals surface area contributed by atoms with Crippen LogP contribution in [-0.2, 0) is 0 Å². The number of hydrogen-bond acceptors (Lipinski definition) is 3. The molecule has 0 aliphatic carbocycles.